The molecule has 0 bridgehead atoms. The van der Waals surface area contributed by atoms with Gasteiger partial charge in [0, 0.05) is 37.0 Å². The number of rotatable bonds is 5. The molecule has 2 N–H and O–H groups in total. The lowest BCUT2D eigenvalue weighted by molar-refractivity contribution is 0.450. The summed E-state index contributed by atoms with van der Waals surface area (Å²) in [6, 6.07) is 22.2. The van der Waals surface area contributed by atoms with Crippen molar-refractivity contribution in [3.63, 3.8) is 0 Å². The molecule has 0 fully saturated rings. The van der Waals surface area contributed by atoms with E-state index in [9.17, 15) is 10.2 Å². The Balaban J connectivity index is 1.90. The smallest absolute Gasteiger partial charge is 0.121 e. The van der Waals surface area contributed by atoms with Crippen molar-refractivity contribution in [2.24, 2.45) is 0 Å². The van der Waals surface area contributed by atoms with Gasteiger partial charge in [-0.05, 0) is 33.1 Å². The van der Waals surface area contributed by atoms with Crippen LogP contribution in [-0.4, -0.2) is 10.2 Å². The predicted molar refractivity (Wildman–Crippen MR) is 130 cm³/mol. The summed E-state index contributed by atoms with van der Waals surface area (Å²) < 4.78 is 0. The van der Waals surface area contributed by atoms with Gasteiger partial charge in [-0.3, -0.25) is 0 Å². The molecular weight excluding hydrogens is 382 g/mol. The van der Waals surface area contributed by atoms with Crippen LogP contribution in [0, 0.1) is 0 Å². The molecule has 0 spiro atoms. The zero-order valence-corrected chi connectivity index (χ0v) is 19.6. The quantitative estimate of drug-likeness (QED) is 0.474. The van der Waals surface area contributed by atoms with Crippen molar-refractivity contribution in [2.45, 2.75) is 65.5 Å². The van der Waals surface area contributed by atoms with Crippen LogP contribution in [0.1, 0.15) is 63.8 Å². The summed E-state index contributed by atoms with van der Waals surface area (Å²) in [5, 5.41) is 20.1. The number of nitrogens with zero attached hydrogens (tertiary/aromatic N) is 1. The van der Waals surface area contributed by atoms with E-state index in [1.807, 2.05) is 0 Å². The van der Waals surface area contributed by atoms with E-state index < -0.39 is 0 Å². The molecule has 31 heavy (non-hydrogen) atoms. The second-order valence-corrected chi connectivity index (χ2v) is 10.5. The van der Waals surface area contributed by atoms with Crippen LogP contribution in [0.4, 0.5) is 5.69 Å². The summed E-state index contributed by atoms with van der Waals surface area (Å²) in [6.45, 7) is 14.6. The van der Waals surface area contributed by atoms with Gasteiger partial charge in [0.2, 0.25) is 0 Å². The lowest BCUT2D eigenvalue weighted by Gasteiger charge is -2.27. The Kier molecular flexibility index (Phi) is 6.35. The van der Waals surface area contributed by atoms with Crippen molar-refractivity contribution in [1.29, 1.82) is 0 Å². The fourth-order valence-corrected chi connectivity index (χ4v) is 3.66. The fraction of sp³-hybridized carbons (Fsp3) is 0.357. The highest BCUT2D eigenvalue weighted by atomic mass is 16.3. The van der Waals surface area contributed by atoms with Crippen LogP contribution in [-0.2, 0) is 23.9 Å². The normalized spacial score (nSPS) is 12.1. The molecule has 0 atom stereocenters. The monoisotopic (exact) mass is 417 g/mol. The maximum Gasteiger partial charge on any atom is 0.121 e. The van der Waals surface area contributed by atoms with Crippen molar-refractivity contribution in [3.05, 3.63) is 89.0 Å². The molecule has 3 rings (SSSR count). The van der Waals surface area contributed by atoms with E-state index in [1.54, 1.807) is 12.1 Å². The van der Waals surface area contributed by atoms with Crippen LogP contribution in [0.3, 0.4) is 0 Å². The van der Waals surface area contributed by atoms with Crippen LogP contribution in [0.5, 0.6) is 11.5 Å². The SMILES string of the molecule is CC(C)(C)c1ccc(CN(Cc2ccc(C(C)(C)C)cc2)c2cc(O)cc(O)c2)cc1. The number of hydrogen-bond donors (Lipinski definition) is 2. The summed E-state index contributed by atoms with van der Waals surface area (Å²) in [5.74, 6) is 0.123. The number of phenolic OH excluding ortho intramolecular Hbond substituents is 2. The van der Waals surface area contributed by atoms with E-state index in [-0.39, 0.29) is 22.3 Å². The molecule has 3 heteroatoms. The molecule has 0 radical (unpaired) electrons. The molecule has 3 aromatic rings. The Labute approximate surface area is 187 Å². The van der Waals surface area contributed by atoms with Gasteiger partial charge in [-0.1, -0.05) is 90.1 Å². The van der Waals surface area contributed by atoms with Crippen LogP contribution >= 0.6 is 0 Å². The summed E-state index contributed by atoms with van der Waals surface area (Å²) in [6.07, 6.45) is 0. The summed E-state index contributed by atoms with van der Waals surface area (Å²) in [7, 11) is 0. The molecule has 3 aromatic carbocycles. The minimum Gasteiger partial charge on any atom is -0.508 e. The molecule has 0 heterocycles. The summed E-state index contributed by atoms with van der Waals surface area (Å²) in [5.41, 5.74) is 5.99. The Morgan fingerprint density at radius 1 is 0.581 bits per heavy atom. The highest BCUT2D eigenvalue weighted by Gasteiger charge is 2.16. The minimum absolute atomic E-state index is 0.0613. The molecule has 164 valence electrons. The third-order valence-corrected chi connectivity index (χ3v) is 5.64. The Morgan fingerprint density at radius 3 is 1.26 bits per heavy atom. The largest absolute Gasteiger partial charge is 0.508 e. The molecule has 0 unspecified atom stereocenters. The van der Waals surface area contributed by atoms with Gasteiger partial charge < -0.3 is 15.1 Å². The average molecular weight is 418 g/mol. The van der Waals surface area contributed by atoms with Gasteiger partial charge in [0.15, 0.2) is 0 Å². The number of aromatic hydroxyl groups is 2. The molecule has 3 nitrogen and oxygen atoms in total. The average Bonchev–Trinajstić information content (AvgIpc) is 2.66. The first-order valence-electron chi connectivity index (χ1n) is 10.9. The molecule has 0 aliphatic heterocycles. The number of benzene rings is 3. The van der Waals surface area contributed by atoms with Gasteiger partial charge in [-0.2, -0.15) is 0 Å². The van der Waals surface area contributed by atoms with Gasteiger partial charge in [-0.25, -0.2) is 0 Å². The molecule has 0 saturated heterocycles. The van der Waals surface area contributed by atoms with Crippen LogP contribution in [0.25, 0.3) is 0 Å². The second kappa shape index (κ2) is 8.66. The lowest BCUT2D eigenvalue weighted by Crippen LogP contribution is -2.22. The minimum atomic E-state index is 0.0613. The van der Waals surface area contributed by atoms with E-state index >= 15 is 0 Å². The number of anilines is 1. The topological polar surface area (TPSA) is 43.7 Å². The van der Waals surface area contributed by atoms with Gasteiger partial charge in [0.25, 0.3) is 0 Å². The van der Waals surface area contributed by atoms with Crippen LogP contribution in [0.2, 0.25) is 0 Å². The molecule has 0 aliphatic rings. The van der Waals surface area contributed by atoms with Crippen molar-refractivity contribution in [1.82, 2.24) is 0 Å². The first-order chi connectivity index (χ1) is 14.4. The Bertz CT molecular complexity index is 927. The third kappa shape index (κ3) is 6.04. The van der Waals surface area contributed by atoms with E-state index in [2.05, 4.69) is 95.0 Å². The Hall–Kier alpha value is -2.94. The first kappa shape index (κ1) is 22.7. The fourth-order valence-electron chi connectivity index (χ4n) is 3.66. The van der Waals surface area contributed by atoms with Crippen molar-refractivity contribution in [3.8, 4) is 11.5 Å². The van der Waals surface area contributed by atoms with Crippen LogP contribution in [0.15, 0.2) is 66.7 Å². The van der Waals surface area contributed by atoms with Gasteiger partial charge in [0.1, 0.15) is 11.5 Å². The maximum atomic E-state index is 10.0. The molecule has 0 amide bonds. The van der Waals surface area contributed by atoms with Crippen LogP contribution < -0.4 is 4.90 Å². The highest BCUT2D eigenvalue weighted by molar-refractivity contribution is 5.55. The first-order valence-corrected chi connectivity index (χ1v) is 10.9. The van der Waals surface area contributed by atoms with E-state index in [0.29, 0.717) is 13.1 Å². The molecule has 0 aromatic heterocycles. The number of phenols is 2. The van der Waals surface area contributed by atoms with Gasteiger partial charge in [0.05, 0.1) is 0 Å². The predicted octanol–water partition coefficient (Wildman–Crippen LogP) is 6.90. The highest BCUT2D eigenvalue weighted by Crippen LogP contribution is 2.30. The van der Waals surface area contributed by atoms with Crippen molar-refractivity contribution >= 4 is 5.69 Å². The third-order valence-electron chi connectivity index (χ3n) is 5.64. The lowest BCUT2D eigenvalue weighted by atomic mass is 9.86. The van der Waals surface area contributed by atoms with Gasteiger partial charge in [-0.15, -0.1) is 0 Å². The van der Waals surface area contributed by atoms with E-state index in [0.717, 1.165) is 5.69 Å². The maximum absolute atomic E-state index is 10.0. The standard InChI is InChI=1S/C28H35NO2/c1-27(2,3)22-11-7-20(8-12-22)18-29(24-15-25(30)17-26(31)16-24)19-21-9-13-23(14-10-21)28(4,5)6/h7-17,30-31H,18-19H2,1-6H3. The summed E-state index contributed by atoms with van der Waals surface area (Å²) in [4.78, 5) is 2.18. The van der Waals surface area contributed by atoms with E-state index in [4.69, 9.17) is 0 Å². The second-order valence-electron chi connectivity index (χ2n) is 10.5. The molecule has 0 aliphatic carbocycles. The summed E-state index contributed by atoms with van der Waals surface area (Å²) >= 11 is 0. The zero-order valence-electron chi connectivity index (χ0n) is 19.6. The molecular formula is C28H35NO2. The van der Waals surface area contributed by atoms with E-state index in [1.165, 1.54) is 28.3 Å². The van der Waals surface area contributed by atoms with Gasteiger partial charge >= 0.3 is 0 Å². The molecule has 0 saturated carbocycles. The van der Waals surface area contributed by atoms with Crippen molar-refractivity contribution < 1.29 is 10.2 Å². The number of hydrogen-bond acceptors (Lipinski definition) is 3. The Morgan fingerprint density at radius 2 is 0.935 bits per heavy atom. The zero-order chi connectivity index (χ0) is 22.8. The van der Waals surface area contributed by atoms with Crippen molar-refractivity contribution in [2.75, 3.05) is 4.90 Å².